The SMILES string of the molecule is O=C(NS(=O)(=O)c1ccc(F)c(F)c1)c1cc(Cl)c2c(c1)OCCO2. The molecule has 10 heteroatoms. The molecule has 0 saturated carbocycles. The molecule has 0 fully saturated rings. The van der Waals surface area contributed by atoms with E-state index in [1.165, 1.54) is 12.1 Å². The Hall–Kier alpha value is -2.39. The molecule has 0 saturated heterocycles. The number of sulfonamides is 1. The maximum Gasteiger partial charge on any atom is 0.265 e. The summed E-state index contributed by atoms with van der Waals surface area (Å²) in [4.78, 5) is 11.6. The lowest BCUT2D eigenvalue weighted by molar-refractivity contribution is 0.0980. The zero-order valence-electron chi connectivity index (χ0n) is 12.4. The second-order valence-electron chi connectivity index (χ2n) is 4.99. The molecule has 1 aliphatic rings. The third-order valence-electron chi connectivity index (χ3n) is 3.29. The van der Waals surface area contributed by atoms with Crippen molar-refractivity contribution in [3.8, 4) is 11.5 Å². The number of fused-ring (bicyclic) bond motifs is 1. The fraction of sp³-hybridized carbons (Fsp3) is 0.133. The number of hydrogen-bond donors (Lipinski definition) is 1. The van der Waals surface area contributed by atoms with Gasteiger partial charge in [0.2, 0.25) is 0 Å². The normalized spacial score (nSPS) is 13.4. The summed E-state index contributed by atoms with van der Waals surface area (Å²) in [6.07, 6.45) is 0. The van der Waals surface area contributed by atoms with Gasteiger partial charge >= 0.3 is 0 Å². The molecule has 2 aromatic rings. The van der Waals surface area contributed by atoms with E-state index >= 15 is 0 Å². The molecule has 0 aromatic heterocycles. The zero-order chi connectivity index (χ0) is 18.2. The smallest absolute Gasteiger partial charge is 0.265 e. The topological polar surface area (TPSA) is 81.7 Å². The Balaban J connectivity index is 1.89. The van der Waals surface area contributed by atoms with Gasteiger partial charge in [-0.2, -0.15) is 0 Å². The average Bonchev–Trinajstić information content (AvgIpc) is 2.56. The highest BCUT2D eigenvalue weighted by atomic mass is 35.5. The van der Waals surface area contributed by atoms with Crippen LogP contribution in [0.1, 0.15) is 10.4 Å². The molecular weight excluding hydrogens is 380 g/mol. The van der Waals surface area contributed by atoms with Crippen molar-refractivity contribution in [1.82, 2.24) is 4.72 Å². The lowest BCUT2D eigenvalue weighted by Gasteiger charge is -2.20. The van der Waals surface area contributed by atoms with Gasteiger partial charge < -0.3 is 9.47 Å². The number of carbonyl (C=O) groups excluding carboxylic acids is 1. The predicted molar refractivity (Wildman–Crippen MR) is 83.5 cm³/mol. The number of amides is 1. The van der Waals surface area contributed by atoms with Crippen LogP contribution in [-0.2, 0) is 10.0 Å². The Morgan fingerprint density at radius 1 is 1.08 bits per heavy atom. The van der Waals surface area contributed by atoms with Crippen molar-refractivity contribution in [2.24, 2.45) is 0 Å². The predicted octanol–water partition coefficient (Wildman–Crippen LogP) is 2.51. The van der Waals surface area contributed by atoms with E-state index in [1.807, 2.05) is 0 Å². The molecule has 25 heavy (non-hydrogen) atoms. The van der Waals surface area contributed by atoms with E-state index in [2.05, 4.69) is 0 Å². The van der Waals surface area contributed by atoms with E-state index in [4.69, 9.17) is 21.1 Å². The van der Waals surface area contributed by atoms with Crippen LogP contribution in [0, 0.1) is 11.6 Å². The lowest BCUT2D eigenvalue weighted by atomic mass is 10.2. The van der Waals surface area contributed by atoms with Crippen molar-refractivity contribution in [3.05, 3.63) is 52.6 Å². The van der Waals surface area contributed by atoms with E-state index in [-0.39, 0.29) is 28.7 Å². The van der Waals surface area contributed by atoms with E-state index in [0.717, 1.165) is 6.07 Å². The maximum absolute atomic E-state index is 13.2. The van der Waals surface area contributed by atoms with Crippen LogP contribution < -0.4 is 14.2 Å². The van der Waals surface area contributed by atoms with Crippen molar-refractivity contribution in [2.75, 3.05) is 13.2 Å². The first-order valence-corrected chi connectivity index (χ1v) is 8.75. The first kappa shape index (κ1) is 17.4. The average molecular weight is 390 g/mol. The molecule has 0 aliphatic carbocycles. The van der Waals surface area contributed by atoms with Crippen LogP contribution in [-0.4, -0.2) is 27.5 Å². The number of rotatable bonds is 3. The largest absolute Gasteiger partial charge is 0.486 e. The molecule has 0 bridgehead atoms. The maximum atomic E-state index is 13.2. The summed E-state index contributed by atoms with van der Waals surface area (Å²) < 4.78 is 62.8. The summed E-state index contributed by atoms with van der Waals surface area (Å²) in [6, 6.07) is 4.45. The molecule has 1 N–H and O–H groups in total. The van der Waals surface area contributed by atoms with Gasteiger partial charge in [-0.25, -0.2) is 21.9 Å². The Labute approximate surface area is 146 Å². The van der Waals surface area contributed by atoms with Crippen LogP contribution in [0.15, 0.2) is 35.2 Å². The molecule has 1 aliphatic heterocycles. The molecule has 132 valence electrons. The van der Waals surface area contributed by atoms with Gasteiger partial charge in [0.25, 0.3) is 15.9 Å². The first-order chi connectivity index (χ1) is 11.8. The molecule has 0 atom stereocenters. The van der Waals surface area contributed by atoms with Crippen LogP contribution in [0.25, 0.3) is 0 Å². The van der Waals surface area contributed by atoms with Gasteiger partial charge in [-0.3, -0.25) is 4.79 Å². The van der Waals surface area contributed by atoms with Crippen molar-refractivity contribution in [3.63, 3.8) is 0 Å². The van der Waals surface area contributed by atoms with Gasteiger partial charge in [0.1, 0.15) is 13.2 Å². The highest BCUT2D eigenvalue weighted by Gasteiger charge is 2.23. The van der Waals surface area contributed by atoms with Crippen molar-refractivity contribution in [1.29, 1.82) is 0 Å². The standard InChI is InChI=1S/C15H10ClF2NO5S/c16-10-5-8(6-13-14(10)24-4-3-23-13)15(20)19-25(21,22)9-1-2-11(17)12(18)7-9/h1-2,5-7H,3-4H2,(H,19,20). The van der Waals surface area contributed by atoms with Gasteiger partial charge in [0, 0.05) is 5.56 Å². The van der Waals surface area contributed by atoms with E-state index in [0.29, 0.717) is 18.7 Å². The van der Waals surface area contributed by atoms with Gasteiger partial charge in [-0.05, 0) is 30.3 Å². The molecule has 0 spiro atoms. The van der Waals surface area contributed by atoms with Gasteiger partial charge in [0.15, 0.2) is 23.1 Å². The summed E-state index contributed by atoms with van der Waals surface area (Å²) in [6.45, 7) is 0.546. The summed E-state index contributed by atoms with van der Waals surface area (Å²) >= 11 is 5.99. The Kier molecular flexibility index (Phi) is 4.53. The molecule has 1 amide bonds. The number of nitrogens with one attached hydrogen (secondary N) is 1. The first-order valence-electron chi connectivity index (χ1n) is 6.89. The highest BCUT2D eigenvalue weighted by molar-refractivity contribution is 7.90. The highest BCUT2D eigenvalue weighted by Crippen LogP contribution is 2.38. The molecular formula is C15H10ClF2NO5S. The number of halogens is 3. The zero-order valence-corrected chi connectivity index (χ0v) is 14.0. The van der Waals surface area contributed by atoms with Crippen LogP contribution >= 0.6 is 11.6 Å². The summed E-state index contributed by atoms with van der Waals surface area (Å²) in [5, 5.41) is 0.0765. The molecule has 1 heterocycles. The van der Waals surface area contributed by atoms with Crippen molar-refractivity contribution < 1.29 is 31.5 Å². The molecule has 6 nitrogen and oxygen atoms in total. The fourth-order valence-electron chi connectivity index (χ4n) is 2.13. The van der Waals surface area contributed by atoms with Crippen LogP contribution in [0.3, 0.4) is 0 Å². The van der Waals surface area contributed by atoms with Crippen LogP contribution in [0.4, 0.5) is 8.78 Å². The summed E-state index contributed by atoms with van der Waals surface area (Å²) in [7, 11) is -4.40. The lowest BCUT2D eigenvalue weighted by Crippen LogP contribution is -2.31. The molecule has 0 unspecified atom stereocenters. The minimum atomic E-state index is -4.40. The second-order valence-corrected chi connectivity index (χ2v) is 7.08. The molecule has 3 rings (SSSR count). The van der Waals surface area contributed by atoms with E-state index < -0.39 is 32.5 Å². The third kappa shape index (κ3) is 3.52. The summed E-state index contributed by atoms with van der Waals surface area (Å²) in [5.74, 6) is -3.10. The monoisotopic (exact) mass is 389 g/mol. The number of ether oxygens (including phenoxy) is 2. The Bertz CT molecular complexity index is 965. The summed E-state index contributed by atoms with van der Waals surface area (Å²) in [5.41, 5.74) is -0.0968. The van der Waals surface area contributed by atoms with E-state index in [9.17, 15) is 22.0 Å². The van der Waals surface area contributed by atoms with E-state index in [1.54, 1.807) is 4.72 Å². The van der Waals surface area contributed by atoms with Crippen molar-refractivity contribution in [2.45, 2.75) is 4.90 Å². The third-order valence-corrected chi connectivity index (χ3v) is 4.90. The van der Waals surface area contributed by atoms with Crippen molar-refractivity contribution >= 4 is 27.5 Å². The Morgan fingerprint density at radius 3 is 2.52 bits per heavy atom. The minimum absolute atomic E-state index is 0.0765. The number of carbonyl (C=O) groups is 1. The van der Waals surface area contributed by atoms with Crippen LogP contribution in [0.2, 0.25) is 5.02 Å². The quantitative estimate of drug-likeness (QED) is 0.872. The Morgan fingerprint density at radius 2 is 1.80 bits per heavy atom. The number of benzene rings is 2. The molecule has 2 aromatic carbocycles. The fourth-order valence-corrected chi connectivity index (χ4v) is 3.38. The van der Waals surface area contributed by atoms with Gasteiger partial charge in [-0.15, -0.1) is 0 Å². The molecule has 0 radical (unpaired) electrons. The number of hydrogen-bond acceptors (Lipinski definition) is 5. The van der Waals surface area contributed by atoms with Gasteiger partial charge in [-0.1, -0.05) is 11.6 Å². The minimum Gasteiger partial charge on any atom is -0.486 e. The van der Waals surface area contributed by atoms with Crippen LogP contribution in [0.5, 0.6) is 11.5 Å². The van der Waals surface area contributed by atoms with Gasteiger partial charge in [0.05, 0.1) is 9.92 Å². The second kappa shape index (κ2) is 6.49.